The van der Waals surface area contributed by atoms with Gasteiger partial charge >= 0.3 is 0 Å². The summed E-state index contributed by atoms with van der Waals surface area (Å²) in [5, 5.41) is 11.0. The molecule has 30 heavy (non-hydrogen) atoms. The van der Waals surface area contributed by atoms with E-state index in [1.54, 1.807) is 42.7 Å². The summed E-state index contributed by atoms with van der Waals surface area (Å²) in [6.45, 7) is 2.67. The van der Waals surface area contributed by atoms with Gasteiger partial charge in [-0.1, -0.05) is 31.5 Å². The predicted molar refractivity (Wildman–Crippen MR) is 112 cm³/mol. The lowest BCUT2D eigenvalue weighted by Crippen LogP contribution is -2.14. The molecule has 2 heterocycles. The van der Waals surface area contributed by atoms with E-state index in [-0.39, 0.29) is 5.91 Å². The van der Waals surface area contributed by atoms with Gasteiger partial charge in [-0.05, 0) is 48.9 Å². The van der Waals surface area contributed by atoms with Crippen LogP contribution in [-0.2, 0) is 0 Å². The zero-order valence-corrected chi connectivity index (χ0v) is 16.5. The Hall–Kier alpha value is -3.87. The number of unbranched alkanes of at least 4 members (excludes halogenated alkanes) is 1. The van der Waals surface area contributed by atoms with Crippen LogP contribution >= 0.6 is 0 Å². The lowest BCUT2D eigenvalue weighted by atomic mass is 10.1. The van der Waals surface area contributed by atoms with Crippen molar-refractivity contribution in [2.24, 2.45) is 0 Å². The fourth-order valence-corrected chi connectivity index (χ4v) is 2.87. The van der Waals surface area contributed by atoms with Gasteiger partial charge in [0.2, 0.25) is 5.89 Å². The number of amides is 1. The number of nitrogens with one attached hydrogen (secondary N) is 1. The van der Waals surface area contributed by atoms with E-state index in [1.165, 1.54) is 0 Å². The summed E-state index contributed by atoms with van der Waals surface area (Å²) in [6.07, 6.45) is 3.50. The van der Waals surface area contributed by atoms with E-state index < -0.39 is 0 Å². The molecule has 1 amide bonds. The second kappa shape index (κ2) is 9.09. The average Bonchev–Trinajstić information content (AvgIpc) is 3.46. The standard InChI is InChI=1S/C23H21N3O4/c1-2-3-13-28-19-11-5-4-10-18(19)21(27)24-17-9-6-8-16(15-17)22-25-26-23(30-22)20-12-7-14-29-20/h4-12,14-15H,2-3,13H2,1H3,(H,24,27). The number of carbonyl (C=O) groups is 1. The van der Waals surface area contributed by atoms with E-state index in [4.69, 9.17) is 13.6 Å². The molecule has 7 nitrogen and oxygen atoms in total. The molecule has 0 spiro atoms. The molecule has 2 aromatic heterocycles. The molecular weight excluding hydrogens is 382 g/mol. The first-order valence-electron chi connectivity index (χ1n) is 9.75. The zero-order valence-electron chi connectivity index (χ0n) is 16.5. The molecule has 7 heteroatoms. The first kappa shape index (κ1) is 19.4. The van der Waals surface area contributed by atoms with E-state index >= 15 is 0 Å². The summed E-state index contributed by atoms with van der Waals surface area (Å²) < 4.78 is 16.7. The summed E-state index contributed by atoms with van der Waals surface area (Å²) in [4.78, 5) is 12.8. The topological polar surface area (TPSA) is 90.4 Å². The van der Waals surface area contributed by atoms with Gasteiger partial charge in [0.15, 0.2) is 5.76 Å². The van der Waals surface area contributed by atoms with Crippen LogP contribution in [0.15, 0.2) is 75.8 Å². The van der Waals surface area contributed by atoms with Crippen LogP contribution in [0.1, 0.15) is 30.1 Å². The van der Waals surface area contributed by atoms with Crippen molar-refractivity contribution in [3.8, 4) is 28.9 Å². The number of nitrogens with zero attached hydrogens (tertiary/aromatic N) is 2. The van der Waals surface area contributed by atoms with Gasteiger partial charge in [-0.15, -0.1) is 10.2 Å². The number of anilines is 1. The minimum Gasteiger partial charge on any atom is -0.493 e. The third kappa shape index (κ3) is 4.41. The van der Waals surface area contributed by atoms with Crippen molar-refractivity contribution in [1.82, 2.24) is 10.2 Å². The molecule has 0 fully saturated rings. The molecule has 0 bridgehead atoms. The lowest BCUT2D eigenvalue weighted by molar-refractivity contribution is 0.102. The van der Waals surface area contributed by atoms with Gasteiger partial charge in [-0.2, -0.15) is 0 Å². The SMILES string of the molecule is CCCCOc1ccccc1C(=O)Nc1cccc(-c2nnc(-c3ccco3)o2)c1. The molecule has 0 aliphatic rings. The quantitative estimate of drug-likeness (QED) is 0.395. The minimum absolute atomic E-state index is 0.249. The number of hydrogen-bond donors (Lipinski definition) is 1. The van der Waals surface area contributed by atoms with E-state index in [0.29, 0.717) is 46.7 Å². The largest absolute Gasteiger partial charge is 0.493 e. The normalized spacial score (nSPS) is 10.7. The maximum Gasteiger partial charge on any atom is 0.283 e. The Bertz CT molecular complexity index is 1120. The first-order chi connectivity index (χ1) is 14.7. The van der Waals surface area contributed by atoms with E-state index in [1.807, 2.05) is 24.3 Å². The maximum absolute atomic E-state index is 12.8. The number of carbonyl (C=O) groups excluding carboxylic acids is 1. The smallest absolute Gasteiger partial charge is 0.283 e. The number of ether oxygens (including phenoxy) is 1. The number of para-hydroxylation sites is 1. The zero-order chi connectivity index (χ0) is 20.8. The van der Waals surface area contributed by atoms with Crippen LogP contribution < -0.4 is 10.1 Å². The minimum atomic E-state index is -0.249. The van der Waals surface area contributed by atoms with Crippen LogP contribution in [0.2, 0.25) is 0 Å². The van der Waals surface area contributed by atoms with Crippen molar-refractivity contribution in [3.63, 3.8) is 0 Å². The molecule has 0 radical (unpaired) electrons. The fraction of sp³-hybridized carbons (Fsp3) is 0.174. The third-order valence-corrected chi connectivity index (χ3v) is 4.41. The molecule has 0 unspecified atom stereocenters. The highest BCUT2D eigenvalue weighted by Gasteiger charge is 2.15. The number of rotatable bonds is 8. The maximum atomic E-state index is 12.8. The average molecular weight is 403 g/mol. The Morgan fingerprint density at radius 1 is 1.03 bits per heavy atom. The van der Waals surface area contributed by atoms with Crippen LogP contribution in [0.4, 0.5) is 5.69 Å². The van der Waals surface area contributed by atoms with Crippen molar-refractivity contribution < 1.29 is 18.4 Å². The Balaban J connectivity index is 1.51. The van der Waals surface area contributed by atoms with Crippen LogP contribution in [0.3, 0.4) is 0 Å². The summed E-state index contributed by atoms with van der Waals surface area (Å²) in [5.41, 5.74) is 1.78. The van der Waals surface area contributed by atoms with Crippen molar-refractivity contribution in [2.45, 2.75) is 19.8 Å². The van der Waals surface area contributed by atoms with Crippen LogP contribution in [0.25, 0.3) is 23.1 Å². The number of hydrogen-bond acceptors (Lipinski definition) is 6. The second-order valence-corrected chi connectivity index (χ2v) is 6.62. The molecule has 2 aromatic carbocycles. The van der Waals surface area contributed by atoms with Crippen molar-refractivity contribution in [2.75, 3.05) is 11.9 Å². The Labute approximate surface area is 173 Å². The van der Waals surface area contributed by atoms with Gasteiger partial charge in [-0.25, -0.2) is 0 Å². The molecular formula is C23H21N3O4. The Morgan fingerprint density at radius 3 is 2.73 bits per heavy atom. The van der Waals surface area contributed by atoms with E-state index in [2.05, 4.69) is 22.4 Å². The number of aromatic nitrogens is 2. The van der Waals surface area contributed by atoms with Crippen molar-refractivity contribution >= 4 is 11.6 Å². The summed E-state index contributed by atoms with van der Waals surface area (Å²) in [7, 11) is 0. The van der Waals surface area contributed by atoms with Gasteiger partial charge in [0.1, 0.15) is 5.75 Å². The van der Waals surface area contributed by atoms with Gasteiger partial charge in [0, 0.05) is 11.3 Å². The van der Waals surface area contributed by atoms with Crippen molar-refractivity contribution in [3.05, 3.63) is 72.5 Å². The van der Waals surface area contributed by atoms with Crippen molar-refractivity contribution in [1.29, 1.82) is 0 Å². The molecule has 0 atom stereocenters. The van der Waals surface area contributed by atoms with Gasteiger partial charge < -0.3 is 18.9 Å². The lowest BCUT2D eigenvalue weighted by Gasteiger charge is -2.11. The molecule has 0 aliphatic heterocycles. The highest BCUT2D eigenvalue weighted by Crippen LogP contribution is 2.26. The fourth-order valence-electron chi connectivity index (χ4n) is 2.87. The van der Waals surface area contributed by atoms with Gasteiger partial charge in [0.05, 0.1) is 18.4 Å². The molecule has 0 saturated carbocycles. The first-order valence-corrected chi connectivity index (χ1v) is 9.75. The Morgan fingerprint density at radius 2 is 1.90 bits per heavy atom. The molecule has 0 saturated heterocycles. The Kier molecular flexibility index (Phi) is 5.89. The summed E-state index contributed by atoms with van der Waals surface area (Å²) in [6, 6.07) is 17.9. The van der Waals surface area contributed by atoms with Crippen LogP contribution in [0.5, 0.6) is 5.75 Å². The predicted octanol–water partition coefficient (Wildman–Crippen LogP) is 5.43. The summed E-state index contributed by atoms with van der Waals surface area (Å²) in [5.74, 6) is 1.45. The van der Waals surface area contributed by atoms with Crippen LogP contribution in [0, 0.1) is 0 Å². The molecule has 152 valence electrons. The third-order valence-electron chi connectivity index (χ3n) is 4.41. The highest BCUT2D eigenvalue weighted by molar-refractivity contribution is 6.06. The highest BCUT2D eigenvalue weighted by atomic mass is 16.5. The van der Waals surface area contributed by atoms with Gasteiger partial charge in [0.25, 0.3) is 11.8 Å². The number of benzene rings is 2. The van der Waals surface area contributed by atoms with Gasteiger partial charge in [-0.3, -0.25) is 4.79 Å². The molecule has 4 aromatic rings. The van der Waals surface area contributed by atoms with Crippen LogP contribution in [-0.4, -0.2) is 22.7 Å². The monoisotopic (exact) mass is 403 g/mol. The molecule has 4 rings (SSSR count). The molecule has 0 aliphatic carbocycles. The van der Waals surface area contributed by atoms with E-state index in [9.17, 15) is 4.79 Å². The number of furan rings is 1. The summed E-state index contributed by atoms with van der Waals surface area (Å²) >= 11 is 0. The van der Waals surface area contributed by atoms with E-state index in [0.717, 1.165) is 12.8 Å². The second-order valence-electron chi connectivity index (χ2n) is 6.62. The molecule has 1 N–H and O–H groups in total.